The molecular weight excluding hydrogens is 961 g/mol. The molecule has 7 aromatic rings. The van der Waals surface area contributed by atoms with Crippen LogP contribution in [-0.4, -0.2) is 86.9 Å². The van der Waals surface area contributed by atoms with E-state index in [1.807, 2.05) is 36.4 Å². The largest absolute Gasteiger partial charge is 0.436 e. The second-order valence-corrected chi connectivity index (χ2v) is 16.1. The Balaban J connectivity index is 1.13. The molecule has 1 heterocycles. The minimum atomic E-state index is -0.885. The smallest absolute Gasteiger partial charge is 0.412 e. The van der Waals surface area contributed by atoms with Gasteiger partial charge in [-0.15, -0.1) is 0 Å². The number of benzene rings is 6. The lowest BCUT2D eigenvalue weighted by molar-refractivity contribution is 0.175. The Morgan fingerprint density at radius 1 is 0.347 bits per heavy atom. The number of hydrogen-bond donors (Lipinski definition) is 6. The van der Waals surface area contributed by atoms with Gasteiger partial charge in [-0.2, -0.15) is 0 Å². The van der Waals surface area contributed by atoms with Crippen molar-refractivity contribution in [1.82, 2.24) is 13.7 Å². The highest BCUT2D eigenvalue weighted by atomic mass is 16.6. The molecule has 0 saturated heterocycles. The summed E-state index contributed by atoms with van der Waals surface area (Å²) in [4.78, 5) is 79.8. The number of aliphatic hydroxyl groups excluding tert-OH is 3. The molecule has 0 spiro atoms. The minimum Gasteiger partial charge on any atom is -0.436 e. The molecular formula is C57H48N6O12. The Hall–Kier alpha value is -9.90. The van der Waals surface area contributed by atoms with Crippen LogP contribution in [0, 0.1) is 35.5 Å². The lowest BCUT2D eigenvalue weighted by atomic mass is 10.0. The van der Waals surface area contributed by atoms with Gasteiger partial charge >= 0.3 is 35.3 Å². The van der Waals surface area contributed by atoms with Gasteiger partial charge < -0.3 is 29.5 Å². The number of carbonyl (C=O) groups excluding carboxylic acids is 3. The molecule has 0 aliphatic carbocycles. The third kappa shape index (κ3) is 15.1. The summed E-state index contributed by atoms with van der Waals surface area (Å²) in [6.45, 7) is -1.51. The third-order valence-corrected chi connectivity index (χ3v) is 11.0. The van der Waals surface area contributed by atoms with E-state index in [1.54, 1.807) is 109 Å². The Morgan fingerprint density at radius 3 is 0.773 bits per heavy atom. The number of aromatic nitrogens is 3. The maximum Gasteiger partial charge on any atom is 0.412 e. The van der Waals surface area contributed by atoms with E-state index in [1.165, 1.54) is 0 Å². The van der Waals surface area contributed by atoms with E-state index >= 15 is 0 Å². The van der Waals surface area contributed by atoms with Gasteiger partial charge in [-0.25, -0.2) is 42.5 Å². The molecule has 0 atom stereocenters. The summed E-state index contributed by atoms with van der Waals surface area (Å²) in [7, 11) is 0. The van der Waals surface area contributed by atoms with Crippen molar-refractivity contribution < 1.29 is 43.9 Å². The van der Waals surface area contributed by atoms with Gasteiger partial charge in [-0.1, -0.05) is 108 Å². The highest BCUT2D eigenvalue weighted by molar-refractivity contribution is 5.86. The van der Waals surface area contributed by atoms with Gasteiger partial charge in [0, 0.05) is 17.1 Å². The Labute approximate surface area is 429 Å². The number of amides is 3. The summed E-state index contributed by atoms with van der Waals surface area (Å²) < 4.78 is 17.7. The lowest BCUT2D eigenvalue weighted by Crippen LogP contribution is -2.52. The fraction of sp³-hybridized carbons (Fsp3) is 0.158. The van der Waals surface area contributed by atoms with Crippen molar-refractivity contribution in [2.24, 2.45) is 0 Å². The fourth-order valence-corrected chi connectivity index (χ4v) is 7.41. The molecule has 3 amide bonds. The number of nitrogens with one attached hydrogen (secondary N) is 3. The van der Waals surface area contributed by atoms with Crippen molar-refractivity contribution in [2.45, 2.75) is 19.3 Å². The van der Waals surface area contributed by atoms with Crippen LogP contribution < -0.4 is 33.0 Å². The molecule has 18 nitrogen and oxygen atoms in total. The highest BCUT2D eigenvalue weighted by Crippen LogP contribution is 2.19. The van der Waals surface area contributed by atoms with Crippen LogP contribution in [-0.2, 0) is 33.5 Å². The summed E-state index contributed by atoms with van der Waals surface area (Å²) in [5.74, 6) is 14.7. The summed E-state index contributed by atoms with van der Waals surface area (Å²) in [5.41, 5.74) is 4.73. The number of anilines is 3. The molecule has 0 aliphatic rings. The molecule has 0 aliphatic heterocycles. The topological polar surface area (TPSA) is 242 Å². The Kier molecular flexibility index (Phi) is 18.7. The van der Waals surface area contributed by atoms with Crippen molar-refractivity contribution in [3.05, 3.63) is 210 Å². The van der Waals surface area contributed by atoms with Crippen LogP contribution >= 0.6 is 0 Å². The monoisotopic (exact) mass is 1010 g/mol. The van der Waals surface area contributed by atoms with Gasteiger partial charge in [-0.05, 0) is 125 Å². The number of carbonyl (C=O) groups is 3. The summed E-state index contributed by atoms with van der Waals surface area (Å²) >= 11 is 0. The van der Waals surface area contributed by atoms with Gasteiger partial charge in [0.05, 0.1) is 17.1 Å². The Morgan fingerprint density at radius 2 is 0.560 bits per heavy atom. The minimum absolute atomic E-state index is 0.167. The van der Waals surface area contributed by atoms with E-state index in [0.29, 0.717) is 36.3 Å². The quantitative estimate of drug-likeness (QED) is 0.0548. The van der Waals surface area contributed by atoms with E-state index in [9.17, 15) is 28.8 Å². The normalized spacial score (nSPS) is 10.3. The standard InChI is InChI=1S/C57H48N6O12/c64-31-1-4-34-73-52(67)58-46-19-7-40(8-20-46)37-43-13-25-49(26-14-43)61-55(70)62(50-27-15-44(16-28-50)38-41-9-21-47(22-10-41)59-53(68)74-35-5-2-32-65)57(72)63(56(61)71)51-29-17-45(18-30-51)39-42-11-23-48(24-12-42)60-54(69)75-36-6-3-33-66/h7-30,64-66H,31-39H2,(H,58,67)(H,59,68)(H,60,69). The molecule has 0 bridgehead atoms. The number of aliphatic hydroxyl groups is 3. The van der Waals surface area contributed by atoms with Crippen LogP contribution in [0.2, 0.25) is 0 Å². The molecule has 1 aromatic heterocycles. The summed E-state index contributed by atoms with van der Waals surface area (Å²) in [6, 6.07) is 41.7. The van der Waals surface area contributed by atoms with Gasteiger partial charge in [0.1, 0.15) is 19.8 Å². The third-order valence-electron chi connectivity index (χ3n) is 11.0. The molecule has 7 rings (SSSR count). The second-order valence-electron chi connectivity index (χ2n) is 16.1. The van der Waals surface area contributed by atoms with Crippen molar-refractivity contribution in [3.8, 4) is 52.6 Å². The molecule has 18 heteroatoms. The maximum absolute atomic E-state index is 14.5. The first-order valence-electron chi connectivity index (χ1n) is 23.1. The van der Waals surface area contributed by atoms with E-state index in [0.717, 1.165) is 47.1 Å². The first kappa shape index (κ1) is 52.9. The highest BCUT2D eigenvalue weighted by Gasteiger charge is 2.20. The van der Waals surface area contributed by atoms with E-state index in [-0.39, 0.29) is 56.7 Å². The van der Waals surface area contributed by atoms with E-state index in [4.69, 9.17) is 29.5 Å². The molecule has 378 valence electrons. The molecule has 6 N–H and O–H groups in total. The Bertz CT molecular complexity index is 3100. The van der Waals surface area contributed by atoms with Gasteiger partial charge in [0.2, 0.25) is 0 Å². The van der Waals surface area contributed by atoms with Crippen LogP contribution in [0.25, 0.3) is 17.1 Å². The summed E-state index contributed by atoms with van der Waals surface area (Å²) in [5, 5.41) is 34.1. The lowest BCUT2D eigenvalue weighted by Gasteiger charge is -2.15. The molecule has 0 unspecified atom stereocenters. The molecule has 6 aromatic carbocycles. The van der Waals surface area contributed by atoms with Crippen LogP contribution in [0.5, 0.6) is 0 Å². The zero-order valence-electron chi connectivity index (χ0n) is 40.1. The van der Waals surface area contributed by atoms with Gasteiger partial charge in [-0.3, -0.25) is 16.0 Å². The maximum atomic E-state index is 14.5. The first-order valence-corrected chi connectivity index (χ1v) is 23.1. The van der Waals surface area contributed by atoms with Gasteiger partial charge in [0.15, 0.2) is 19.8 Å². The average molecular weight is 1010 g/mol. The first-order chi connectivity index (χ1) is 36.5. The molecule has 0 radical (unpaired) electrons. The average Bonchev–Trinajstić information content (AvgIpc) is 3.41. The van der Waals surface area contributed by atoms with Crippen LogP contribution in [0.4, 0.5) is 31.4 Å². The van der Waals surface area contributed by atoms with Crippen LogP contribution in [0.3, 0.4) is 0 Å². The molecule has 75 heavy (non-hydrogen) atoms. The molecule has 0 fully saturated rings. The predicted molar refractivity (Wildman–Crippen MR) is 280 cm³/mol. The fourth-order valence-electron chi connectivity index (χ4n) is 7.41. The number of hydrogen-bond acceptors (Lipinski definition) is 12. The van der Waals surface area contributed by atoms with Crippen molar-refractivity contribution in [3.63, 3.8) is 0 Å². The van der Waals surface area contributed by atoms with Crippen molar-refractivity contribution >= 4 is 35.3 Å². The number of ether oxygens (including phenoxy) is 3. The molecule has 0 saturated carbocycles. The van der Waals surface area contributed by atoms with Gasteiger partial charge in [0.25, 0.3) is 0 Å². The predicted octanol–water partition coefficient (Wildman–Crippen LogP) is 5.54. The second kappa shape index (κ2) is 26.5. The number of nitrogens with zero attached hydrogens (tertiary/aromatic N) is 3. The van der Waals surface area contributed by atoms with Crippen molar-refractivity contribution in [1.29, 1.82) is 0 Å². The van der Waals surface area contributed by atoms with E-state index in [2.05, 4.69) is 51.5 Å². The zero-order valence-corrected chi connectivity index (χ0v) is 40.1. The number of rotatable bonds is 15. The van der Waals surface area contributed by atoms with Crippen LogP contribution in [0.15, 0.2) is 160 Å². The van der Waals surface area contributed by atoms with E-state index < -0.39 is 35.3 Å². The zero-order chi connectivity index (χ0) is 52.9. The SMILES string of the molecule is O=C(Nc1ccc(Cc2ccc(-n3c(=O)n(-c4ccc(Cc5ccc(NC(=O)OCC#CCO)cc5)cc4)c(=O)n(-c4ccc(Cc5ccc(NC(=O)OCC#CCO)cc5)cc4)c3=O)cc2)cc1)OCC#CCO. The summed E-state index contributed by atoms with van der Waals surface area (Å²) in [6.07, 6.45) is -0.683. The van der Waals surface area contributed by atoms with Crippen molar-refractivity contribution in [2.75, 3.05) is 55.6 Å². The van der Waals surface area contributed by atoms with Crippen LogP contribution in [0.1, 0.15) is 33.4 Å².